The molecule has 1 aliphatic carbocycles. The van der Waals surface area contributed by atoms with E-state index in [-0.39, 0.29) is 18.1 Å². The van der Waals surface area contributed by atoms with Crippen molar-refractivity contribution in [1.29, 1.82) is 0 Å². The van der Waals surface area contributed by atoms with Gasteiger partial charge in [-0.05, 0) is 57.4 Å². The summed E-state index contributed by atoms with van der Waals surface area (Å²) in [7, 11) is 3.28. The van der Waals surface area contributed by atoms with Crippen molar-refractivity contribution in [3.05, 3.63) is 41.7 Å². The summed E-state index contributed by atoms with van der Waals surface area (Å²) in [5.74, 6) is 2.11. The molecule has 0 spiro atoms. The number of aromatic nitrogens is 3. The van der Waals surface area contributed by atoms with Gasteiger partial charge in [-0.3, -0.25) is 0 Å². The maximum Gasteiger partial charge on any atom is 0.407 e. The Kier molecular flexibility index (Phi) is 5.47. The van der Waals surface area contributed by atoms with E-state index < -0.39 is 6.09 Å². The summed E-state index contributed by atoms with van der Waals surface area (Å²) in [6.45, 7) is 6.04. The highest BCUT2D eigenvalue weighted by molar-refractivity contribution is 5.69. The molecule has 164 valence electrons. The molecule has 0 saturated heterocycles. The van der Waals surface area contributed by atoms with Gasteiger partial charge >= 0.3 is 6.09 Å². The van der Waals surface area contributed by atoms with Crippen LogP contribution in [-0.2, 0) is 10.2 Å². The number of nitrogens with zero attached hydrogens (tertiary/aromatic N) is 3. The van der Waals surface area contributed by atoms with Crippen LogP contribution < -0.4 is 14.8 Å². The maximum absolute atomic E-state index is 11.9. The molecule has 8 heteroatoms. The Morgan fingerprint density at radius 1 is 1.16 bits per heavy atom. The lowest BCUT2D eigenvalue weighted by Crippen LogP contribution is -2.33. The SMILES string of the molecule is COc1cc(-c2ccc(OC)c3nc(C4(COC(=O)NC(C)C)CC4)nn23)ccc1C. The van der Waals surface area contributed by atoms with Crippen LogP contribution in [0.15, 0.2) is 30.3 Å². The summed E-state index contributed by atoms with van der Waals surface area (Å²) in [6, 6.07) is 9.92. The molecule has 0 radical (unpaired) electrons. The highest BCUT2D eigenvalue weighted by Gasteiger charge is 2.49. The van der Waals surface area contributed by atoms with E-state index in [9.17, 15) is 4.79 Å². The molecule has 1 amide bonds. The Hall–Kier alpha value is -3.29. The first kappa shape index (κ1) is 21.0. The highest BCUT2D eigenvalue weighted by atomic mass is 16.5. The number of benzene rings is 1. The van der Waals surface area contributed by atoms with E-state index in [4.69, 9.17) is 24.3 Å². The van der Waals surface area contributed by atoms with Crippen LogP contribution in [0.3, 0.4) is 0 Å². The van der Waals surface area contributed by atoms with Gasteiger partial charge in [0.05, 0.1) is 25.3 Å². The number of nitrogens with one attached hydrogen (secondary N) is 1. The average Bonchev–Trinajstić information content (AvgIpc) is 3.41. The largest absolute Gasteiger partial charge is 0.496 e. The molecule has 8 nitrogen and oxygen atoms in total. The van der Waals surface area contributed by atoms with Crippen molar-refractivity contribution < 1.29 is 19.0 Å². The van der Waals surface area contributed by atoms with E-state index >= 15 is 0 Å². The number of pyridine rings is 1. The molecule has 0 aliphatic heterocycles. The molecule has 1 N–H and O–H groups in total. The third-order valence-electron chi connectivity index (χ3n) is 5.59. The predicted molar refractivity (Wildman–Crippen MR) is 117 cm³/mol. The van der Waals surface area contributed by atoms with Crippen LogP contribution in [0.1, 0.15) is 38.1 Å². The van der Waals surface area contributed by atoms with Crippen molar-refractivity contribution in [3.63, 3.8) is 0 Å². The molecule has 1 aliphatic rings. The fourth-order valence-electron chi connectivity index (χ4n) is 3.59. The predicted octanol–water partition coefficient (Wildman–Crippen LogP) is 3.89. The van der Waals surface area contributed by atoms with Crippen LogP contribution in [0.5, 0.6) is 11.5 Å². The molecule has 3 aromatic rings. The quantitative estimate of drug-likeness (QED) is 0.619. The van der Waals surface area contributed by atoms with E-state index in [0.717, 1.165) is 35.4 Å². The van der Waals surface area contributed by atoms with Crippen molar-refractivity contribution in [2.24, 2.45) is 0 Å². The molecule has 0 bridgehead atoms. The minimum absolute atomic E-state index is 0.0225. The number of rotatable bonds is 7. The fourth-order valence-corrected chi connectivity index (χ4v) is 3.59. The third-order valence-corrected chi connectivity index (χ3v) is 5.59. The number of methoxy groups -OCH3 is 2. The van der Waals surface area contributed by atoms with E-state index in [0.29, 0.717) is 17.2 Å². The van der Waals surface area contributed by atoms with Gasteiger partial charge in [-0.2, -0.15) is 0 Å². The molecule has 31 heavy (non-hydrogen) atoms. The highest BCUT2D eigenvalue weighted by Crippen LogP contribution is 2.47. The Morgan fingerprint density at radius 3 is 2.55 bits per heavy atom. The zero-order valence-corrected chi connectivity index (χ0v) is 18.6. The number of ether oxygens (including phenoxy) is 3. The molecular formula is C23H28N4O4. The van der Waals surface area contributed by atoms with Gasteiger partial charge in [-0.25, -0.2) is 14.3 Å². The fraction of sp³-hybridized carbons (Fsp3) is 0.435. The number of hydrogen-bond acceptors (Lipinski definition) is 6. The summed E-state index contributed by atoms with van der Waals surface area (Å²) in [5.41, 5.74) is 3.18. The number of aryl methyl sites for hydroxylation is 1. The molecule has 1 fully saturated rings. The second kappa shape index (κ2) is 8.09. The Balaban J connectivity index is 1.71. The van der Waals surface area contributed by atoms with Crippen molar-refractivity contribution in [3.8, 4) is 22.8 Å². The molecule has 0 atom stereocenters. The first-order chi connectivity index (χ1) is 14.9. The van der Waals surface area contributed by atoms with Crippen LogP contribution in [0.25, 0.3) is 16.9 Å². The topological polar surface area (TPSA) is 87.0 Å². The number of carbonyl (C=O) groups excluding carboxylic acids is 1. The van der Waals surface area contributed by atoms with E-state index in [1.165, 1.54) is 0 Å². The van der Waals surface area contributed by atoms with E-state index in [1.807, 2.05) is 51.1 Å². The lowest BCUT2D eigenvalue weighted by molar-refractivity contribution is 0.131. The maximum atomic E-state index is 11.9. The monoisotopic (exact) mass is 424 g/mol. The molecule has 0 unspecified atom stereocenters. The normalized spacial score (nSPS) is 14.5. The number of amides is 1. The molecule has 2 aromatic heterocycles. The average molecular weight is 425 g/mol. The number of hydrogen-bond donors (Lipinski definition) is 1. The molecule has 2 heterocycles. The van der Waals surface area contributed by atoms with Gasteiger partial charge in [0.25, 0.3) is 0 Å². The van der Waals surface area contributed by atoms with Gasteiger partial charge in [0.15, 0.2) is 17.2 Å². The zero-order valence-electron chi connectivity index (χ0n) is 18.6. The van der Waals surface area contributed by atoms with Crippen molar-refractivity contribution in [1.82, 2.24) is 19.9 Å². The lowest BCUT2D eigenvalue weighted by Gasteiger charge is -2.13. The Labute approximate surface area is 181 Å². The molecule has 1 saturated carbocycles. The minimum atomic E-state index is -0.421. The minimum Gasteiger partial charge on any atom is -0.496 e. The van der Waals surface area contributed by atoms with E-state index in [2.05, 4.69) is 5.32 Å². The first-order valence-corrected chi connectivity index (χ1v) is 10.4. The zero-order chi connectivity index (χ0) is 22.2. The van der Waals surface area contributed by atoms with Crippen LogP contribution in [0, 0.1) is 6.92 Å². The standard InChI is InChI=1S/C23H28N4O4/c1-14(2)24-22(28)31-13-23(10-11-23)21-25-20-18(29-4)9-8-17(27(20)26-21)16-7-6-15(3)19(12-16)30-5/h6-9,12,14H,10-11,13H2,1-5H3,(H,24,28). The lowest BCUT2D eigenvalue weighted by atomic mass is 10.1. The van der Waals surface area contributed by atoms with Crippen LogP contribution in [-0.4, -0.2) is 47.6 Å². The summed E-state index contributed by atoms with van der Waals surface area (Å²) in [5, 5.41) is 7.57. The number of alkyl carbamates (subject to hydrolysis) is 1. The molecule has 4 rings (SSSR count). The van der Waals surface area contributed by atoms with Gasteiger partial charge in [0.1, 0.15) is 12.4 Å². The summed E-state index contributed by atoms with van der Waals surface area (Å²) in [4.78, 5) is 16.7. The molecule has 1 aromatic carbocycles. The Bertz CT molecular complexity index is 1120. The second-order valence-electron chi connectivity index (χ2n) is 8.30. The number of fused-ring (bicyclic) bond motifs is 1. The van der Waals surface area contributed by atoms with Gasteiger partial charge < -0.3 is 19.5 Å². The van der Waals surface area contributed by atoms with Gasteiger partial charge in [0.2, 0.25) is 0 Å². The van der Waals surface area contributed by atoms with Crippen LogP contribution in [0.2, 0.25) is 0 Å². The third kappa shape index (κ3) is 4.02. The van der Waals surface area contributed by atoms with Crippen LogP contribution in [0.4, 0.5) is 4.79 Å². The summed E-state index contributed by atoms with van der Waals surface area (Å²) < 4.78 is 18.3. The Morgan fingerprint density at radius 2 is 1.90 bits per heavy atom. The van der Waals surface area contributed by atoms with E-state index in [1.54, 1.807) is 18.7 Å². The van der Waals surface area contributed by atoms with Crippen molar-refractivity contribution >= 4 is 11.7 Å². The van der Waals surface area contributed by atoms with Crippen molar-refractivity contribution in [2.75, 3.05) is 20.8 Å². The molecular weight excluding hydrogens is 396 g/mol. The summed E-state index contributed by atoms with van der Waals surface area (Å²) in [6.07, 6.45) is 1.32. The van der Waals surface area contributed by atoms with Gasteiger partial charge in [-0.15, -0.1) is 5.10 Å². The van der Waals surface area contributed by atoms with Gasteiger partial charge in [-0.1, -0.05) is 12.1 Å². The first-order valence-electron chi connectivity index (χ1n) is 10.4. The van der Waals surface area contributed by atoms with Crippen LogP contribution >= 0.6 is 0 Å². The summed E-state index contributed by atoms with van der Waals surface area (Å²) >= 11 is 0. The van der Waals surface area contributed by atoms with Crippen molar-refractivity contribution in [2.45, 2.75) is 45.1 Å². The van der Waals surface area contributed by atoms with Gasteiger partial charge in [0, 0.05) is 11.6 Å². The smallest absolute Gasteiger partial charge is 0.407 e. The number of carbonyl (C=O) groups is 1. The second-order valence-corrected chi connectivity index (χ2v) is 8.30.